The van der Waals surface area contributed by atoms with Gasteiger partial charge in [0.25, 0.3) is 0 Å². The number of aryl methyl sites for hydroxylation is 1. The molecule has 0 radical (unpaired) electrons. The minimum atomic E-state index is -1.16. The lowest BCUT2D eigenvalue weighted by Crippen LogP contribution is -2.11. The predicted molar refractivity (Wildman–Crippen MR) is 96.7 cm³/mol. The van der Waals surface area contributed by atoms with Crippen molar-refractivity contribution < 1.29 is 43.5 Å². The molecule has 2 aliphatic heterocycles. The predicted octanol–water partition coefficient (Wildman–Crippen LogP) is 2.65. The Kier molecular flexibility index (Phi) is 4.36. The summed E-state index contributed by atoms with van der Waals surface area (Å²) in [5.41, 5.74) is 0.928. The Labute approximate surface area is 165 Å². The summed E-state index contributed by atoms with van der Waals surface area (Å²) in [6.45, 7) is 2.67. The van der Waals surface area contributed by atoms with Crippen LogP contribution in [-0.2, 0) is 16.1 Å². The van der Waals surface area contributed by atoms with Crippen LogP contribution >= 0.6 is 0 Å². The maximum absolute atomic E-state index is 12.9. The molecule has 152 valence electrons. The summed E-state index contributed by atoms with van der Waals surface area (Å²) in [6.07, 6.45) is -1.16. The van der Waals surface area contributed by atoms with Crippen molar-refractivity contribution in [3.63, 3.8) is 0 Å². The molecule has 1 atom stereocenters. The highest BCUT2D eigenvalue weighted by Gasteiger charge is 2.43. The second-order valence-electron chi connectivity index (χ2n) is 6.62. The molecular formula is C20H18O9. The molecule has 0 bridgehead atoms. The van der Waals surface area contributed by atoms with Crippen molar-refractivity contribution in [3.05, 3.63) is 39.4 Å². The molecule has 0 aromatic heterocycles. The fourth-order valence-corrected chi connectivity index (χ4v) is 3.61. The van der Waals surface area contributed by atoms with E-state index in [0.717, 1.165) is 0 Å². The number of carbonyl (C=O) groups is 2. The Morgan fingerprint density at radius 2 is 1.76 bits per heavy atom. The van der Waals surface area contributed by atoms with Crippen LogP contribution in [0.5, 0.6) is 28.7 Å². The van der Waals surface area contributed by atoms with Crippen LogP contribution in [0.15, 0.2) is 6.07 Å². The van der Waals surface area contributed by atoms with Crippen molar-refractivity contribution >= 4 is 11.9 Å². The van der Waals surface area contributed by atoms with Crippen molar-refractivity contribution in [2.24, 2.45) is 0 Å². The highest BCUT2D eigenvalue weighted by molar-refractivity contribution is 6.02. The van der Waals surface area contributed by atoms with Crippen molar-refractivity contribution in [2.45, 2.75) is 26.7 Å². The number of carbonyl (C=O) groups excluding carboxylic acids is 2. The van der Waals surface area contributed by atoms with Crippen molar-refractivity contribution in [2.75, 3.05) is 14.2 Å². The molecule has 0 unspecified atom stereocenters. The first-order valence-electron chi connectivity index (χ1n) is 8.68. The van der Waals surface area contributed by atoms with Crippen LogP contribution in [0.25, 0.3) is 0 Å². The van der Waals surface area contributed by atoms with Crippen LogP contribution in [0.1, 0.15) is 49.3 Å². The van der Waals surface area contributed by atoms with Gasteiger partial charge < -0.3 is 33.9 Å². The molecule has 2 aliphatic rings. The molecule has 0 saturated heterocycles. The van der Waals surface area contributed by atoms with Crippen molar-refractivity contribution in [3.8, 4) is 28.7 Å². The van der Waals surface area contributed by atoms with Gasteiger partial charge in [-0.15, -0.1) is 0 Å². The van der Waals surface area contributed by atoms with E-state index in [1.54, 1.807) is 13.0 Å². The van der Waals surface area contributed by atoms with Gasteiger partial charge in [0.2, 0.25) is 6.29 Å². The van der Waals surface area contributed by atoms with Crippen LogP contribution in [0, 0.1) is 13.8 Å². The van der Waals surface area contributed by atoms with E-state index in [9.17, 15) is 19.8 Å². The van der Waals surface area contributed by atoms with Crippen molar-refractivity contribution in [1.29, 1.82) is 0 Å². The first-order valence-corrected chi connectivity index (χ1v) is 8.68. The highest BCUT2D eigenvalue weighted by Crippen LogP contribution is 2.54. The number of aromatic hydroxyl groups is 1. The summed E-state index contributed by atoms with van der Waals surface area (Å²) in [4.78, 5) is 25.2. The van der Waals surface area contributed by atoms with E-state index < -0.39 is 24.8 Å². The van der Waals surface area contributed by atoms with Gasteiger partial charge in [0.15, 0.2) is 17.2 Å². The maximum atomic E-state index is 12.9. The molecule has 0 spiro atoms. The monoisotopic (exact) mass is 402 g/mol. The number of hydrogen-bond acceptors (Lipinski definition) is 9. The van der Waals surface area contributed by atoms with Gasteiger partial charge in [-0.05, 0) is 25.5 Å². The summed E-state index contributed by atoms with van der Waals surface area (Å²) in [7, 11) is 2.75. The minimum Gasteiger partial charge on any atom is -0.507 e. The van der Waals surface area contributed by atoms with Crippen LogP contribution in [0.4, 0.5) is 0 Å². The van der Waals surface area contributed by atoms with Crippen LogP contribution in [-0.4, -0.2) is 36.4 Å². The summed E-state index contributed by atoms with van der Waals surface area (Å²) >= 11 is 0. The number of cyclic esters (lactones) is 1. The van der Waals surface area contributed by atoms with Gasteiger partial charge in [0.05, 0.1) is 24.8 Å². The number of phenolic OH excluding ortho intramolecular Hbond substituents is 1. The lowest BCUT2D eigenvalue weighted by Gasteiger charge is -2.18. The van der Waals surface area contributed by atoms with E-state index in [2.05, 4.69) is 0 Å². The SMILES string of the molecule is COc1cc(C)c2c(c1CO)Oc1c(c(C)c(O)c3c1[C@@H](OC)OC3=O)OC2=O. The number of rotatable bonds is 3. The Hall–Kier alpha value is -3.30. The number of fused-ring (bicyclic) bond motifs is 4. The second kappa shape index (κ2) is 6.64. The Bertz CT molecular complexity index is 1070. The number of aliphatic hydroxyl groups is 1. The summed E-state index contributed by atoms with van der Waals surface area (Å²) < 4.78 is 27.3. The smallest absolute Gasteiger partial charge is 0.347 e. The number of esters is 2. The molecule has 2 heterocycles. The van der Waals surface area contributed by atoms with E-state index >= 15 is 0 Å². The van der Waals surface area contributed by atoms with Gasteiger partial charge in [0, 0.05) is 12.7 Å². The lowest BCUT2D eigenvalue weighted by atomic mass is 10.0. The fraction of sp³-hybridized carbons (Fsp3) is 0.300. The molecule has 0 fully saturated rings. The third kappa shape index (κ3) is 2.55. The lowest BCUT2D eigenvalue weighted by molar-refractivity contribution is -0.0823. The summed E-state index contributed by atoms with van der Waals surface area (Å²) in [5.74, 6) is -1.64. The third-order valence-corrected chi connectivity index (χ3v) is 5.04. The molecule has 2 N–H and O–H groups in total. The number of ether oxygens (including phenoxy) is 5. The Balaban J connectivity index is 2.08. The average Bonchev–Trinajstić information content (AvgIpc) is 2.95. The number of benzene rings is 2. The van der Waals surface area contributed by atoms with Gasteiger partial charge in [-0.3, -0.25) is 0 Å². The molecule has 0 aliphatic carbocycles. The number of aliphatic hydroxyl groups excluding tert-OH is 1. The van der Waals surface area contributed by atoms with E-state index in [1.807, 2.05) is 0 Å². The first-order chi connectivity index (χ1) is 13.8. The Morgan fingerprint density at radius 3 is 2.38 bits per heavy atom. The van der Waals surface area contributed by atoms with Gasteiger partial charge in [0.1, 0.15) is 22.6 Å². The highest BCUT2D eigenvalue weighted by atomic mass is 16.7. The first kappa shape index (κ1) is 19.0. The minimum absolute atomic E-state index is 0.0116. The molecule has 0 saturated carbocycles. The third-order valence-electron chi connectivity index (χ3n) is 5.04. The van der Waals surface area contributed by atoms with Crippen LogP contribution in [0.2, 0.25) is 0 Å². The molecule has 2 aromatic rings. The van der Waals surface area contributed by atoms with E-state index in [1.165, 1.54) is 21.1 Å². The Morgan fingerprint density at radius 1 is 1.03 bits per heavy atom. The zero-order valence-electron chi connectivity index (χ0n) is 16.1. The van der Waals surface area contributed by atoms with Crippen molar-refractivity contribution in [1.82, 2.24) is 0 Å². The maximum Gasteiger partial charge on any atom is 0.347 e. The van der Waals surface area contributed by atoms with Gasteiger partial charge >= 0.3 is 11.9 Å². The van der Waals surface area contributed by atoms with Crippen LogP contribution < -0.4 is 14.2 Å². The quantitative estimate of drug-likeness (QED) is 0.589. The topological polar surface area (TPSA) is 121 Å². The van der Waals surface area contributed by atoms with E-state index in [0.29, 0.717) is 11.3 Å². The fourth-order valence-electron chi connectivity index (χ4n) is 3.61. The van der Waals surface area contributed by atoms with Gasteiger partial charge in [-0.25, -0.2) is 9.59 Å². The summed E-state index contributed by atoms with van der Waals surface area (Å²) in [5, 5.41) is 20.4. The summed E-state index contributed by atoms with van der Waals surface area (Å²) in [6, 6.07) is 1.59. The molecule has 0 amide bonds. The molecule has 29 heavy (non-hydrogen) atoms. The number of hydrogen-bond donors (Lipinski definition) is 2. The molecule has 2 aromatic carbocycles. The molecular weight excluding hydrogens is 384 g/mol. The van der Waals surface area contributed by atoms with Gasteiger partial charge in [-0.2, -0.15) is 0 Å². The zero-order chi connectivity index (χ0) is 21.0. The standard InChI is InChI=1S/C20H18O9/c1-7-5-10(25-3)9(6-21)16-11(7)18(23)28-15-8(2)14(22)12-13(17(15)27-16)20(26-4)29-19(12)24/h5,20-22H,6H2,1-4H3/t20-/m0/s1. The molecule has 4 rings (SSSR count). The number of phenols is 1. The number of methoxy groups -OCH3 is 2. The van der Waals surface area contributed by atoms with Gasteiger partial charge in [-0.1, -0.05) is 0 Å². The second-order valence-corrected chi connectivity index (χ2v) is 6.62. The normalized spacial score (nSPS) is 16.8. The largest absolute Gasteiger partial charge is 0.507 e. The zero-order valence-corrected chi connectivity index (χ0v) is 16.1. The molecule has 9 heteroatoms. The van der Waals surface area contributed by atoms with Crippen LogP contribution in [0.3, 0.4) is 0 Å². The van der Waals surface area contributed by atoms with E-state index in [4.69, 9.17) is 23.7 Å². The van der Waals surface area contributed by atoms with E-state index in [-0.39, 0.29) is 50.8 Å². The molecule has 9 nitrogen and oxygen atoms in total. The average molecular weight is 402 g/mol.